The Morgan fingerprint density at radius 2 is 1.76 bits per heavy atom. The molecule has 7 heteroatoms. The summed E-state index contributed by atoms with van der Waals surface area (Å²) in [5.74, 6) is -2.57. The van der Waals surface area contributed by atoms with Crippen LogP contribution in [-0.4, -0.2) is 40.9 Å². The van der Waals surface area contributed by atoms with Crippen LogP contribution in [0.1, 0.15) is 35.2 Å². The molecular weight excluding hydrogens is 375 g/mol. The zero-order valence-electron chi connectivity index (χ0n) is 15.9. The van der Waals surface area contributed by atoms with Gasteiger partial charge in [-0.15, -0.1) is 0 Å². The molecule has 1 fully saturated rings. The van der Waals surface area contributed by atoms with Crippen molar-refractivity contribution in [2.24, 2.45) is 5.92 Å². The van der Waals surface area contributed by atoms with Crippen molar-refractivity contribution in [3.8, 4) is 0 Å². The van der Waals surface area contributed by atoms with Gasteiger partial charge in [0.05, 0.1) is 11.3 Å². The largest absolute Gasteiger partial charge is 0.478 e. The average molecular weight is 398 g/mol. The van der Waals surface area contributed by atoms with Crippen LogP contribution < -0.4 is 5.32 Å². The molecule has 2 N–H and O–H groups in total. The summed E-state index contributed by atoms with van der Waals surface area (Å²) in [6.07, 6.45) is 2.14. The van der Waals surface area contributed by atoms with Gasteiger partial charge in [-0.25, -0.2) is 9.18 Å². The van der Waals surface area contributed by atoms with Crippen LogP contribution >= 0.6 is 0 Å². The Morgan fingerprint density at radius 3 is 2.38 bits per heavy atom. The molecule has 2 amide bonds. The summed E-state index contributed by atoms with van der Waals surface area (Å²) < 4.78 is 14.0. The van der Waals surface area contributed by atoms with Crippen LogP contribution in [0.15, 0.2) is 48.5 Å². The number of hydrogen-bond acceptors (Lipinski definition) is 3. The minimum atomic E-state index is -1.23. The minimum Gasteiger partial charge on any atom is -0.478 e. The number of carbonyl (C=O) groups excluding carboxylic acids is 2. The van der Waals surface area contributed by atoms with Gasteiger partial charge in [0.1, 0.15) is 5.82 Å². The molecule has 2 aromatic rings. The smallest absolute Gasteiger partial charge is 0.335 e. The molecule has 0 unspecified atom stereocenters. The summed E-state index contributed by atoms with van der Waals surface area (Å²) in [6, 6.07) is 13.2. The number of aromatic carboxylic acids is 1. The van der Waals surface area contributed by atoms with Crippen molar-refractivity contribution >= 4 is 23.5 Å². The fourth-order valence-corrected chi connectivity index (χ4v) is 3.43. The van der Waals surface area contributed by atoms with Gasteiger partial charge in [-0.3, -0.25) is 9.59 Å². The van der Waals surface area contributed by atoms with Crippen LogP contribution in [0, 0.1) is 11.7 Å². The number of nitrogens with zero attached hydrogens (tertiary/aromatic N) is 1. The van der Waals surface area contributed by atoms with Crippen LogP contribution in [0.2, 0.25) is 0 Å². The Labute approximate surface area is 168 Å². The first-order valence-electron chi connectivity index (χ1n) is 9.59. The molecule has 0 saturated carbocycles. The van der Waals surface area contributed by atoms with Gasteiger partial charge in [0.15, 0.2) is 0 Å². The minimum absolute atomic E-state index is 0.0404. The zero-order chi connectivity index (χ0) is 20.8. The topological polar surface area (TPSA) is 86.7 Å². The lowest BCUT2D eigenvalue weighted by Crippen LogP contribution is -2.41. The van der Waals surface area contributed by atoms with E-state index in [4.69, 9.17) is 5.11 Å². The number of anilines is 1. The molecule has 1 aliphatic heterocycles. The lowest BCUT2D eigenvalue weighted by Gasteiger charge is -2.31. The Morgan fingerprint density at radius 1 is 1.07 bits per heavy atom. The van der Waals surface area contributed by atoms with E-state index < -0.39 is 11.8 Å². The Kier molecular flexibility index (Phi) is 6.59. The maximum absolute atomic E-state index is 14.0. The molecule has 29 heavy (non-hydrogen) atoms. The van der Waals surface area contributed by atoms with Crippen molar-refractivity contribution in [1.29, 1.82) is 0 Å². The van der Waals surface area contributed by atoms with Crippen molar-refractivity contribution in [3.05, 3.63) is 65.5 Å². The molecular formula is C22H23FN2O4. The van der Waals surface area contributed by atoms with Crippen molar-refractivity contribution in [1.82, 2.24) is 4.90 Å². The summed E-state index contributed by atoms with van der Waals surface area (Å²) in [5.41, 5.74) is 0.898. The molecule has 3 rings (SSSR count). The van der Waals surface area contributed by atoms with Crippen LogP contribution in [0.5, 0.6) is 0 Å². The molecule has 0 aliphatic carbocycles. The second-order valence-corrected chi connectivity index (χ2v) is 7.13. The van der Waals surface area contributed by atoms with E-state index in [0.29, 0.717) is 38.8 Å². The molecule has 0 radical (unpaired) electrons. The molecule has 0 aromatic heterocycles. The van der Waals surface area contributed by atoms with Crippen molar-refractivity contribution in [3.63, 3.8) is 0 Å². The van der Waals surface area contributed by atoms with Crippen LogP contribution in [-0.2, 0) is 16.0 Å². The Hall–Kier alpha value is -3.22. The molecule has 6 nitrogen and oxygen atoms in total. The fourth-order valence-electron chi connectivity index (χ4n) is 3.43. The molecule has 152 valence electrons. The molecule has 1 aliphatic rings. The number of aryl methyl sites for hydroxylation is 1. The van der Waals surface area contributed by atoms with Gasteiger partial charge < -0.3 is 15.3 Å². The second kappa shape index (κ2) is 9.32. The zero-order valence-corrected chi connectivity index (χ0v) is 15.9. The number of carboxylic acid groups (broad SMARTS) is 1. The van der Waals surface area contributed by atoms with Gasteiger partial charge in [-0.1, -0.05) is 30.3 Å². The van der Waals surface area contributed by atoms with Crippen LogP contribution in [0.4, 0.5) is 10.1 Å². The maximum atomic E-state index is 14.0. The fraction of sp³-hybridized carbons (Fsp3) is 0.318. The summed E-state index contributed by atoms with van der Waals surface area (Å²) in [7, 11) is 0. The number of amides is 2. The third-order valence-electron chi connectivity index (χ3n) is 5.16. The van der Waals surface area contributed by atoms with Crippen LogP contribution in [0.25, 0.3) is 0 Å². The van der Waals surface area contributed by atoms with Crippen molar-refractivity contribution < 1.29 is 23.9 Å². The van der Waals surface area contributed by atoms with E-state index in [-0.39, 0.29) is 29.0 Å². The first-order chi connectivity index (χ1) is 13.9. The van der Waals surface area contributed by atoms with Gasteiger partial charge in [-0.2, -0.15) is 0 Å². The summed E-state index contributed by atoms with van der Waals surface area (Å²) >= 11 is 0. The first kappa shape index (κ1) is 20.5. The van der Waals surface area contributed by atoms with Gasteiger partial charge in [-0.05, 0) is 43.0 Å². The van der Waals surface area contributed by atoms with E-state index in [1.165, 1.54) is 12.1 Å². The number of rotatable bonds is 6. The number of nitrogens with one attached hydrogen (secondary N) is 1. The summed E-state index contributed by atoms with van der Waals surface area (Å²) in [4.78, 5) is 37.5. The average Bonchev–Trinajstić information content (AvgIpc) is 2.74. The third-order valence-corrected chi connectivity index (χ3v) is 5.16. The molecule has 1 heterocycles. The van der Waals surface area contributed by atoms with E-state index in [1.807, 2.05) is 30.3 Å². The highest BCUT2D eigenvalue weighted by molar-refractivity contribution is 5.94. The van der Waals surface area contributed by atoms with Gasteiger partial charge in [0.25, 0.3) is 0 Å². The Balaban J connectivity index is 1.48. The van der Waals surface area contributed by atoms with E-state index >= 15 is 0 Å². The number of piperidine rings is 1. The lowest BCUT2D eigenvalue weighted by molar-refractivity contribution is -0.134. The number of hydrogen-bond donors (Lipinski definition) is 2. The molecule has 1 saturated heterocycles. The normalized spacial score (nSPS) is 14.4. The molecule has 0 atom stereocenters. The number of halogens is 1. The highest BCUT2D eigenvalue weighted by atomic mass is 19.1. The SMILES string of the molecule is O=C(O)c1ccc(NC(=O)C2CCN(C(=O)CCc3ccccc3)CC2)c(F)c1. The Bertz CT molecular complexity index is 893. The van der Waals surface area contributed by atoms with Gasteiger partial charge >= 0.3 is 5.97 Å². The van der Waals surface area contributed by atoms with Crippen molar-refractivity contribution in [2.75, 3.05) is 18.4 Å². The van der Waals surface area contributed by atoms with Crippen LogP contribution in [0.3, 0.4) is 0 Å². The lowest BCUT2D eigenvalue weighted by atomic mass is 9.95. The third kappa shape index (κ3) is 5.40. The predicted molar refractivity (Wildman–Crippen MR) is 106 cm³/mol. The summed E-state index contributed by atoms with van der Waals surface area (Å²) in [5, 5.41) is 11.4. The maximum Gasteiger partial charge on any atom is 0.335 e. The molecule has 0 bridgehead atoms. The summed E-state index contributed by atoms with van der Waals surface area (Å²) in [6.45, 7) is 0.984. The van der Waals surface area contributed by atoms with E-state index in [2.05, 4.69) is 5.32 Å². The number of carboxylic acids is 1. The molecule has 2 aromatic carbocycles. The van der Waals surface area contributed by atoms with E-state index in [9.17, 15) is 18.8 Å². The monoisotopic (exact) mass is 398 g/mol. The number of likely N-dealkylation sites (tertiary alicyclic amines) is 1. The van der Waals surface area contributed by atoms with E-state index in [0.717, 1.165) is 11.6 Å². The predicted octanol–water partition coefficient (Wildman–Crippen LogP) is 3.33. The highest BCUT2D eigenvalue weighted by Crippen LogP contribution is 2.22. The van der Waals surface area contributed by atoms with E-state index in [1.54, 1.807) is 4.90 Å². The number of carbonyl (C=O) groups is 3. The quantitative estimate of drug-likeness (QED) is 0.781. The van der Waals surface area contributed by atoms with Crippen molar-refractivity contribution in [2.45, 2.75) is 25.7 Å². The first-order valence-corrected chi connectivity index (χ1v) is 9.59. The van der Waals surface area contributed by atoms with Gasteiger partial charge in [0.2, 0.25) is 11.8 Å². The highest BCUT2D eigenvalue weighted by Gasteiger charge is 2.27. The van der Waals surface area contributed by atoms with Gasteiger partial charge in [0, 0.05) is 25.4 Å². The standard InChI is InChI=1S/C22H23FN2O4/c23-18-14-17(22(28)29)7-8-19(18)24-21(27)16-10-12-25(13-11-16)20(26)9-6-15-4-2-1-3-5-15/h1-5,7-8,14,16H,6,9-13H2,(H,24,27)(H,28,29). The molecule has 0 spiro atoms. The second-order valence-electron chi connectivity index (χ2n) is 7.13. The number of benzene rings is 2.